The molecule has 0 aliphatic rings. The molecule has 0 heterocycles. The lowest BCUT2D eigenvalue weighted by Gasteiger charge is -2.13. The van der Waals surface area contributed by atoms with Gasteiger partial charge in [0.1, 0.15) is 5.82 Å². The zero-order valence-corrected chi connectivity index (χ0v) is 11.9. The van der Waals surface area contributed by atoms with Crippen LogP contribution in [0.1, 0.15) is 15.9 Å². The third-order valence-electron chi connectivity index (χ3n) is 2.68. The van der Waals surface area contributed by atoms with Crippen LogP contribution < -0.4 is 5.32 Å². The van der Waals surface area contributed by atoms with E-state index in [-0.39, 0.29) is 10.0 Å². The van der Waals surface area contributed by atoms with E-state index in [1.165, 1.54) is 30.3 Å². The third-order valence-corrected chi connectivity index (χ3v) is 3.29. The van der Waals surface area contributed by atoms with Crippen molar-refractivity contribution in [3.63, 3.8) is 0 Å². The maximum absolute atomic E-state index is 13.8. The van der Waals surface area contributed by atoms with Gasteiger partial charge in [-0.15, -0.1) is 0 Å². The summed E-state index contributed by atoms with van der Waals surface area (Å²) < 4.78 is 52.2. The van der Waals surface area contributed by atoms with Crippen molar-refractivity contribution in [2.24, 2.45) is 0 Å². The SMILES string of the molecule is O=C(Nc1ccccc1C(F)(F)F)c1cccc(Br)c1F. The first kappa shape index (κ1) is 15.5. The number of carbonyl (C=O) groups excluding carboxylic acids is 1. The van der Waals surface area contributed by atoms with Gasteiger partial charge in [-0.05, 0) is 40.2 Å². The lowest BCUT2D eigenvalue weighted by Crippen LogP contribution is -2.17. The van der Waals surface area contributed by atoms with Gasteiger partial charge in [0, 0.05) is 0 Å². The molecular weight excluding hydrogens is 354 g/mol. The van der Waals surface area contributed by atoms with Gasteiger partial charge in [-0.1, -0.05) is 18.2 Å². The molecular formula is C14H8BrF4NO. The summed E-state index contributed by atoms with van der Waals surface area (Å²) in [5, 5.41) is 2.08. The Morgan fingerprint density at radius 3 is 2.38 bits per heavy atom. The normalized spacial score (nSPS) is 11.3. The predicted molar refractivity (Wildman–Crippen MR) is 73.5 cm³/mol. The molecule has 0 fully saturated rings. The number of para-hydroxylation sites is 1. The number of carbonyl (C=O) groups is 1. The predicted octanol–water partition coefficient (Wildman–Crippen LogP) is 4.86. The van der Waals surface area contributed by atoms with Gasteiger partial charge in [-0.2, -0.15) is 13.2 Å². The summed E-state index contributed by atoms with van der Waals surface area (Å²) in [6, 6.07) is 8.49. The lowest BCUT2D eigenvalue weighted by atomic mass is 10.1. The van der Waals surface area contributed by atoms with E-state index in [2.05, 4.69) is 21.2 Å². The highest BCUT2D eigenvalue weighted by Gasteiger charge is 2.33. The largest absolute Gasteiger partial charge is 0.418 e. The first-order valence-electron chi connectivity index (χ1n) is 5.72. The minimum absolute atomic E-state index is 0.0549. The number of benzene rings is 2. The second-order valence-electron chi connectivity index (χ2n) is 4.10. The molecule has 0 aromatic heterocycles. The molecule has 0 bridgehead atoms. The van der Waals surface area contributed by atoms with Crippen molar-refractivity contribution in [3.05, 3.63) is 63.9 Å². The molecule has 0 aliphatic carbocycles. The first-order chi connectivity index (χ1) is 9.80. The Bertz CT molecular complexity index is 685. The van der Waals surface area contributed by atoms with Crippen molar-refractivity contribution in [2.75, 3.05) is 5.32 Å². The van der Waals surface area contributed by atoms with Gasteiger partial charge in [0.2, 0.25) is 0 Å². The van der Waals surface area contributed by atoms with Crippen LogP contribution in [-0.2, 0) is 6.18 Å². The summed E-state index contributed by atoms with van der Waals surface area (Å²) >= 11 is 2.91. The van der Waals surface area contributed by atoms with E-state index < -0.39 is 29.2 Å². The summed E-state index contributed by atoms with van der Waals surface area (Å²) in [4.78, 5) is 11.9. The molecule has 7 heteroatoms. The van der Waals surface area contributed by atoms with Crippen LogP contribution in [0.15, 0.2) is 46.9 Å². The summed E-state index contributed by atoms with van der Waals surface area (Å²) in [6.07, 6.45) is -4.61. The summed E-state index contributed by atoms with van der Waals surface area (Å²) in [7, 11) is 0. The molecule has 2 rings (SSSR count). The second kappa shape index (κ2) is 5.85. The summed E-state index contributed by atoms with van der Waals surface area (Å²) in [6.45, 7) is 0. The van der Waals surface area contributed by atoms with E-state index >= 15 is 0 Å². The van der Waals surface area contributed by atoms with Crippen LogP contribution in [0.3, 0.4) is 0 Å². The van der Waals surface area contributed by atoms with Gasteiger partial charge in [0.05, 0.1) is 21.3 Å². The van der Waals surface area contributed by atoms with E-state index in [1.807, 2.05) is 0 Å². The van der Waals surface area contributed by atoms with E-state index in [1.54, 1.807) is 0 Å². The molecule has 0 spiro atoms. The number of nitrogens with one attached hydrogen (secondary N) is 1. The molecule has 0 unspecified atom stereocenters. The topological polar surface area (TPSA) is 29.1 Å². The van der Waals surface area contributed by atoms with Crippen LogP contribution in [-0.4, -0.2) is 5.91 Å². The third kappa shape index (κ3) is 3.41. The molecule has 0 atom stereocenters. The lowest BCUT2D eigenvalue weighted by molar-refractivity contribution is -0.136. The Morgan fingerprint density at radius 1 is 1.05 bits per heavy atom. The monoisotopic (exact) mass is 361 g/mol. The van der Waals surface area contributed by atoms with Crippen molar-refractivity contribution in [1.82, 2.24) is 0 Å². The fourth-order valence-electron chi connectivity index (χ4n) is 1.71. The van der Waals surface area contributed by atoms with Crippen molar-refractivity contribution < 1.29 is 22.4 Å². The number of hydrogen-bond acceptors (Lipinski definition) is 1. The second-order valence-corrected chi connectivity index (χ2v) is 4.95. The van der Waals surface area contributed by atoms with Crippen LogP contribution in [0.2, 0.25) is 0 Å². The Morgan fingerprint density at radius 2 is 1.71 bits per heavy atom. The van der Waals surface area contributed by atoms with Gasteiger partial charge >= 0.3 is 6.18 Å². The quantitative estimate of drug-likeness (QED) is 0.760. The van der Waals surface area contributed by atoms with Crippen LogP contribution in [0.25, 0.3) is 0 Å². The van der Waals surface area contributed by atoms with Crippen LogP contribution in [0.4, 0.5) is 23.2 Å². The van der Waals surface area contributed by atoms with Crippen LogP contribution in [0, 0.1) is 5.82 Å². The van der Waals surface area contributed by atoms with Gasteiger partial charge in [-0.25, -0.2) is 4.39 Å². The summed E-state index contributed by atoms with van der Waals surface area (Å²) in [5.74, 6) is -1.79. The number of anilines is 1. The van der Waals surface area contributed by atoms with Crippen molar-refractivity contribution in [2.45, 2.75) is 6.18 Å². The van der Waals surface area contributed by atoms with Crippen molar-refractivity contribution in [1.29, 1.82) is 0 Å². The molecule has 0 aliphatic heterocycles. The molecule has 2 aromatic carbocycles. The Kier molecular flexibility index (Phi) is 4.32. The van der Waals surface area contributed by atoms with Crippen LogP contribution in [0.5, 0.6) is 0 Å². The van der Waals surface area contributed by atoms with Gasteiger partial charge in [0.25, 0.3) is 5.91 Å². The average molecular weight is 362 g/mol. The summed E-state index contributed by atoms with van der Waals surface area (Å²) in [5.41, 5.74) is -1.76. The maximum Gasteiger partial charge on any atom is 0.418 e. The first-order valence-corrected chi connectivity index (χ1v) is 6.51. The molecule has 2 aromatic rings. The fraction of sp³-hybridized carbons (Fsp3) is 0.0714. The van der Waals surface area contributed by atoms with Crippen LogP contribution >= 0.6 is 15.9 Å². The van der Waals surface area contributed by atoms with Crippen molar-refractivity contribution in [3.8, 4) is 0 Å². The fourth-order valence-corrected chi connectivity index (χ4v) is 2.07. The molecule has 0 saturated carbocycles. The maximum atomic E-state index is 13.8. The smallest absolute Gasteiger partial charge is 0.321 e. The molecule has 0 radical (unpaired) electrons. The van der Waals surface area contributed by atoms with Gasteiger partial charge in [-0.3, -0.25) is 4.79 Å². The van der Waals surface area contributed by atoms with Gasteiger partial charge in [0.15, 0.2) is 0 Å². The molecule has 110 valence electrons. The highest BCUT2D eigenvalue weighted by Crippen LogP contribution is 2.34. The van der Waals surface area contributed by atoms with E-state index in [0.717, 1.165) is 12.1 Å². The minimum Gasteiger partial charge on any atom is -0.321 e. The average Bonchev–Trinajstić information content (AvgIpc) is 2.41. The molecule has 2 nitrogen and oxygen atoms in total. The van der Waals surface area contributed by atoms with Gasteiger partial charge < -0.3 is 5.32 Å². The Labute approximate surface area is 125 Å². The Hall–Kier alpha value is -1.89. The standard InChI is InChI=1S/C14H8BrF4NO/c15-10-6-3-4-8(12(10)16)13(21)20-11-7-2-1-5-9(11)14(17,18)19/h1-7H,(H,20,21). The van der Waals surface area contributed by atoms with E-state index in [4.69, 9.17) is 0 Å². The zero-order chi connectivity index (χ0) is 15.6. The molecule has 1 N–H and O–H groups in total. The molecule has 1 amide bonds. The Balaban J connectivity index is 2.35. The van der Waals surface area contributed by atoms with Crippen molar-refractivity contribution >= 4 is 27.5 Å². The number of hydrogen-bond donors (Lipinski definition) is 1. The minimum atomic E-state index is -4.61. The van der Waals surface area contributed by atoms with E-state index in [0.29, 0.717) is 0 Å². The molecule has 0 saturated heterocycles. The van der Waals surface area contributed by atoms with E-state index in [9.17, 15) is 22.4 Å². The number of amides is 1. The highest BCUT2D eigenvalue weighted by molar-refractivity contribution is 9.10. The number of alkyl halides is 3. The number of rotatable bonds is 2. The highest BCUT2D eigenvalue weighted by atomic mass is 79.9. The molecule has 21 heavy (non-hydrogen) atoms. The number of halogens is 5. The zero-order valence-electron chi connectivity index (χ0n) is 10.3.